The number of anilines is 1. The first-order chi connectivity index (χ1) is 5.65. The predicted octanol–water partition coefficient (Wildman–Crippen LogP) is 0.746. The Morgan fingerprint density at radius 2 is 1.92 bits per heavy atom. The zero-order valence-electron chi connectivity index (χ0n) is 6.28. The second kappa shape index (κ2) is 3.01. The average molecular weight is 164 g/mol. The van der Waals surface area contributed by atoms with Crippen molar-refractivity contribution in [3.63, 3.8) is 0 Å². The number of hydrogen-bond donors (Lipinski definition) is 3. The number of aromatic hydroxyl groups is 2. The molecule has 0 fully saturated rings. The molecule has 12 heavy (non-hydrogen) atoms. The topological polar surface area (TPSA) is 90.3 Å². The number of benzene rings is 1. The molecular weight excluding hydrogens is 156 g/mol. The van der Waals surface area contributed by atoms with Crippen LogP contribution >= 0.6 is 0 Å². The lowest BCUT2D eigenvalue weighted by molar-refractivity contribution is 0.403. The van der Waals surface area contributed by atoms with Gasteiger partial charge in [0.05, 0.1) is 12.5 Å². The van der Waals surface area contributed by atoms with Crippen LogP contribution in [0.2, 0.25) is 0 Å². The molecule has 0 bridgehead atoms. The summed E-state index contributed by atoms with van der Waals surface area (Å²) in [6.45, 7) is 0. The Morgan fingerprint density at radius 3 is 2.50 bits per heavy atom. The normalized spacial score (nSPS) is 9.25. The highest BCUT2D eigenvalue weighted by Gasteiger charge is 2.04. The van der Waals surface area contributed by atoms with Crippen LogP contribution in [0.3, 0.4) is 0 Å². The van der Waals surface area contributed by atoms with Gasteiger partial charge in [0.1, 0.15) is 0 Å². The number of rotatable bonds is 1. The molecule has 0 atom stereocenters. The highest BCUT2D eigenvalue weighted by atomic mass is 16.3. The van der Waals surface area contributed by atoms with Crippen LogP contribution in [0.25, 0.3) is 0 Å². The Hall–Kier alpha value is -1.89. The summed E-state index contributed by atoms with van der Waals surface area (Å²) in [5.74, 6) is -0.524. The Balaban J connectivity index is 3.16. The molecular formula is C8H8N2O2. The summed E-state index contributed by atoms with van der Waals surface area (Å²) in [5, 5.41) is 26.4. The summed E-state index contributed by atoms with van der Waals surface area (Å²) >= 11 is 0. The van der Waals surface area contributed by atoms with Crippen molar-refractivity contribution in [2.75, 3.05) is 5.73 Å². The van der Waals surface area contributed by atoms with Gasteiger partial charge < -0.3 is 15.9 Å². The maximum atomic E-state index is 9.04. The highest BCUT2D eigenvalue weighted by Crippen LogP contribution is 2.29. The third-order valence-electron chi connectivity index (χ3n) is 1.51. The van der Waals surface area contributed by atoms with E-state index in [0.717, 1.165) is 0 Å². The molecule has 0 aliphatic rings. The van der Waals surface area contributed by atoms with Crippen molar-refractivity contribution in [2.45, 2.75) is 6.42 Å². The third kappa shape index (κ3) is 1.40. The van der Waals surface area contributed by atoms with Gasteiger partial charge in [0.25, 0.3) is 0 Å². The van der Waals surface area contributed by atoms with Gasteiger partial charge in [0, 0.05) is 11.8 Å². The van der Waals surface area contributed by atoms with Crippen molar-refractivity contribution in [1.82, 2.24) is 0 Å². The monoisotopic (exact) mass is 164 g/mol. The summed E-state index contributed by atoms with van der Waals surface area (Å²) in [4.78, 5) is 0. The fourth-order valence-electron chi connectivity index (χ4n) is 0.875. The predicted molar refractivity (Wildman–Crippen MR) is 43.5 cm³/mol. The van der Waals surface area contributed by atoms with E-state index in [9.17, 15) is 0 Å². The molecule has 0 aliphatic heterocycles. The van der Waals surface area contributed by atoms with Gasteiger partial charge in [0.2, 0.25) is 0 Å². The van der Waals surface area contributed by atoms with E-state index in [1.165, 1.54) is 12.1 Å². The molecule has 0 heterocycles. The van der Waals surface area contributed by atoms with Gasteiger partial charge >= 0.3 is 0 Å². The van der Waals surface area contributed by atoms with Crippen LogP contribution in [0.4, 0.5) is 5.69 Å². The molecule has 0 unspecified atom stereocenters. The molecule has 0 saturated heterocycles. The van der Waals surface area contributed by atoms with Gasteiger partial charge in [-0.15, -0.1) is 0 Å². The van der Waals surface area contributed by atoms with Crippen LogP contribution in [0.15, 0.2) is 12.1 Å². The average Bonchev–Trinajstić information content (AvgIpc) is 2.01. The molecule has 0 spiro atoms. The Kier molecular flexibility index (Phi) is 2.06. The maximum Gasteiger partial charge on any atom is 0.159 e. The van der Waals surface area contributed by atoms with Crippen molar-refractivity contribution in [2.24, 2.45) is 0 Å². The van der Waals surface area contributed by atoms with E-state index in [1.807, 2.05) is 6.07 Å². The van der Waals surface area contributed by atoms with Gasteiger partial charge in [-0.2, -0.15) is 5.26 Å². The first kappa shape index (κ1) is 8.21. The first-order valence-corrected chi connectivity index (χ1v) is 3.32. The molecule has 0 aromatic heterocycles. The number of nitriles is 1. The van der Waals surface area contributed by atoms with Crippen molar-refractivity contribution in [3.8, 4) is 17.6 Å². The van der Waals surface area contributed by atoms with E-state index in [0.29, 0.717) is 11.3 Å². The minimum Gasteiger partial charge on any atom is -0.504 e. The van der Waals surface area contributed by atoms with Gasteiger partial charge in [-0.25, -0.2) is 0 Å². The van der Waals surface area contributed by atoms with E-state index in [4.69, 9.17) is 21.2 Å². The maximum absolute atomic E-state index is 9.04. The van der Waals surface area contributed by atoms with E-state index in [-0.39, 0.29) is 17.9 Å². The first-order valence-electron chi connectivity index (χ1n) is 3.32. The number of phenolic OH excluding ortho intramolecular Hbond substituents is 2. The summed E-state index contributed by atoms with van der Waals surface area (Å²) in [6.07, 6.45) is 0.125. The summed E-state index contributed by atoms with van der Waals surface area (Å²) in [6, 6.07) is 4.41. The van der Waals surface area contributed by atoms with Crippen LogP contribution in [-0.2, 0) is 6.42 Å². The number of nitrogens with two attached hydrogens (primary N) is 1. The summed E-state index contributed by atoms with van der Waals surface area (Å²) in [7, 11) is 0. The molecule has 1 aromatic rings. The van der Waals surface area contributed by atoms with Gasteiger partial charge in [-0.05, 0) is 11.6 Å². The lowest BCUT2D eigenvalue weighted by Gasteiger charge is -2.03. The Bertz CT molecular complexity index is 342. The minimum atomic E-state index is -0.269. The van der Waals surface area contributed by atoms with Gasteiger partial charge in [0.15, 0.2) is 11.5 Å². The van der Waals surface area contributed by atoms with Gasteiger partial charge in [-0.3, -0.25) is 0 Å². The number of nitrogen functional groups attached to an aromatic ring is 1. The zero-order chi connectivity index (χ0) is 9.14. The highest BCUT2D eigenvalue weighted by molar-refractivity contribution is 5.57. The minimum absolute atomic E-state index is 0.125. The van der Waals surface area contributed by atoms with Crippen molar-refractivity contribution in [1.29, 1.82) is 5.26 Å². The largest absolute Gasteiger partial charge is 0.504 e. The second-order valence-electron chi connectivity index (χ2n) is 2.37. The SMILES string of the molecule is N#CCc1cc(O)c(O)cc1N. The van der Waals surface area contributed by atoms with Crippen LogP contribution in [0.5, 0.6) is 11.5 Å². The standard InChI is InChI=1S/C8H8N2O2/c9-2-1-5-3-7(11)8(12)4-6(5)10/h3-4,11-12H,1,10H2. The molecule has 0 radical (unpaired) electrons. The number of hydrogen-bond acceptors (Lipinski definition) is 4. The molecule has 4 heteroatoms. The lowest BCUT2D eigenvalue weighted by atomic mass is 10.1. The van der Waals surface area contributed by atoms with Crippen LogP contribution in [0.1, 0.15) is 5.56 Å². The van der Waals surface area contributed by atoms with Crippen molar-refractivity contribution >= 4 is 5.69 Å². The summed E-state index contributed by atoms with van der Waals surface area (Å²) < 4.78 is 0. The third-order valence-corrected chi connectivity index (χ3v) is 1.51. The molecule has 0 amide bonds. The van der Waals surface area contributed by atoms with Gasteiger partial charge in [-0.1, -0.05) is 0 Å². The Morgan fingerprint density at radius 1 is 1.33 bits per heavy atom. The van der Waals surface area contributed by atoms with Crippen molar-refractivity contribution in [3.05, 3.63) is 17.7 Å². The molecule has 1 aromatic carbocycles. The second-order valence-corrected chi connectivity index (χ2v) is 2.37. The smallest absolute Gasteiger partial charge is 0.159 e. The van der Waals surface area contributed by atoms with Crippen molar-refractivity contribution < 1.29 is 10.2 Å². The quantitative estimate of drug-likeness (QED) is 0.324. The molecule has 1 rings (SSSR count). The zero-order valence-corrected chi connectivity index (χ0v) is 6.28. The molecule has 62 valence electrons. The molecule has 0 aliphatic carbocycles. The molecule has 0 saturated carbocycles. The fraction of sp³-hybridized carbons (Fsp3) is 0.125. The van der Waals surface area contributed by atoms with Crippen LogP contribution in [-0.4, -0.2) is 10.2 Å². The van der Waals surface area contributed by atoms with E-state index in [1.54, 1.807) is 0 Å². The Labute approximate surface area is 69.5 Å². The number of nitrogens with zero attached hydrogens (tertiary/aromatic N) is 1. The van der Waals surface area contributed by atoms with E-state index >= 15 is 0 Å². The van der Waals surface area contributed by atoms with Crippen LogP contribution < -0.4 is 5.73 Å². The summed E-state index contributed by atoms with van der Waals surface area (Å²) in [5.41, 5.74) is 6.29. The lowest BCUT2D eigenvalue weighted by Crippen LogP contribution is -1.92. The fourth-order valence-corrected chi connectivity index (χ4v) is 0.875. The number of phenols is 2. The van der Waals surface area contributed by atoms with E-state index in [2.05, 4.69) is 0 Å². The van der Waals surface area contributed by atoms with E-state index < -0.39 is 0 Å². The molecule has 4 nitrogen and oxygen atoms in total. The molecule has 4 N–H and O–H groups in total. The van der Waals surface area contributed by atoms with Crippen LogP contribution in [0, 0.1) is 11.3 Å².